The SMILES string of the molecule is Cc1cn2c(=O)c(-c3cnn(CC(F)(F)C(F)(F)F)c3)c(C(F)(F)F)nc2cn1. The van der Waals surface area contributed by atoms with Crippen LogP contribution >= 0.6 is 0 Å². The quantitative estimate of drug-likeness (QED) is 0.601. The zero-order valence-electron chi connectivity index (χ0n) is 14.2. The predicted octanol–water partition coefficient (Wildman–Crippen LogP) is 3.48. The number of aryl methyl sites for hydroxylation is 1. The lowest BCUT2D eigenvalue weighted by Crippen LogP contribution is -2.40. The molecule has 0 spiro atoms. The van der Waals surface area contributed by atoms with Crippen molar-refractivity contribution in [3.05, 3.63) is 46.5 Å². The lowest BCUT2D eigenvalue weighted by molar-refractivity contribution is -0.287. The molecule has 0 aliphatic carbocycles. The monoisotopic (exact) mass is 427 g/mol. The molecule has 0 atom stereocenters. The van der Waals surface area contributed by atoms with Crippen molar-refractivity contribution in [2.45, 2.75) is 31.7 Å². The highest BCUT2D eigenvalue weighted by Gasteiger charge is 2.57. The third kappa shape index (κ3) is 3.78. The van der Waals surface area contributed by atoms with E-state index in [1.54, 1.807) is 0 Å². The summed E-state index contributed by atoms with van der Waals surface area (Å²) < 4.78 is 105. The molecule has 29 heavy (non-hydrogen) atoms. The fraction of sp³-hybridized carbons (Fsp3) is 0.333. The van der Waals surface area contributed by atoms with Crippen LogP contribution in [0.2, 0.25) is 0 Å². The van der Waals surface area contributed by atoms with Gasteiger partial charge in [0.05, 0.1) is 23.7 Å². The zero-order valence-corrected chi connectivity index (χ0v) is 14.2. The number of nitrogens with zero attached hydrogens (tertiary/aromatic N) is 5. The Bertz CT molecular complexity index is 1130. The lowest BCUT2D eigenvalue weighted by atomic mass is 10.1. The fourth-order valence-electron chi connectivity index (χ4n) is 2.48. The summed E-state index contributed by atoms with van der Waals surface area (Å²) >= 11 is 0. The van der Waals surface area contributed by atoms with Crippen molar-refractivity contribution < 1.29 is 35.1 Å². The molecule has 0 bridgehead atoms. The van der Waals surface area contributed by atoms with Gasteiger partial charge in [-0.15, -0.1) is 0 Å². The molecule has 0 aliphatic rings. The topological polar surface area (TPSA) is 65.1 Å². The molecule has 3 aromatic rings. The van der Waals surface area contributed by atoms with Crippen molar-refractivity contribution in [3.8, 4) is 11.1 Å². The summed E-state index contributed by atoms with van der Waals surface area (Å²) in [6.45, 7) is -0.510. The zero-order chi connectivity index (χ0) is 21.8. The minimum atomic E-state index is -5.88. The number of hydrogen-bond acceptors (Lipinski definition) is 4. The predicted molar refractivity (Wildman–Crippen MR) is 81.2 cm³/mol. The number of alkyl halides is 8. The van der Waals surface area contributed by atoms with Gasteiger partial charge < -0.3 is 0 Å². The molecular formula is C15H9F8N5O. The highest BCUT2D eigenvalue weighted by atomic mass is 19.4. The van der Waals surface area contributed by atoms with Gasteiger partial charge in [0.1, 0.15) is 6.54 Å². The van der Waals surface area contributed by atoms with E-state index in [0.29, 0.717) is 12.4 Å². The van der Waals surface area contributed by atoms with E-state index in [1.165, 1.54) is 6.92 Å². The van der Waals surface area contributed by atoms with Gasteiger partial charge in [0, 0.05) is 18.0 Å². The van der Waals surface area contributed by atoms with Crippen LogP contribution in [0.4, 0.5) is 35.1 Å². The molecule has 156 valence electrons. The maximum atomic E-state index is 13.4. The number of hydrogen-bond donors (Lipinski definition) is 0. The Morgan fingerprint density at radius 2 is 1.66 bits per heavy atom. The van der Waals surface area contributed by atoms with Crippen LogP contribution < -0.4 is 5.56 Å². The van der Waals surface area contributed by atoms with Crippen LogP contribution in [0, 0.1) is 6.92 Å². The summed E-state index contributed by atoms with van der Waals surface area (Å²) in [5, 5.41) is 3.23. The Labute approximate surface area is 155 Å². The Balaban J connectivity index is 2.19. The first kappa shape index (κ1) is 20.7. The summed E-state index contributed by atoms with van der Waals surface area (Å²) in [6, 6.07) is 0. The molecule has 6 nitrogen and oxygen atoms in total. The van der Waals surface area contributed by atoms with Gasteiger partial charge >= 0.3 is 18.3 Å². The highest BCUT2D eigenvalue weighted by Crippen LogP contribution is 2.37. The van der Waals surface area contributed by atoms with Crippen LogP contribution in [0.1, 0.15) is 11.4 Å². The largest absolute Gasteiger partial charge is 0.455 e. The van der Waals surface area contributed by atoms with E-state index < -0.39 is 52.8 Å². The van der Waals surface area contributed by atoms with E-state index in [1.807, 2.05) is 0 Å². The number of fused-ring (bicyclic) bond motifs is 1. The second-order valence-corrected chi connectivity index (χ2v) is 6.02. The molecule has 0 fully saturated rings. The molecule has 3 aromatic heterocycles. The molecule has 0 N–H and O–H groups in total. The van der Waals surface area contributed by atoms with Crippen molar-refractivity contribution >= 4 is 5.65 Å². The van der Waals surface area contributed by atoms with Gasteiger partial charge in [0.2, 0.25) is 0 Å². The van der Waals surface area contributed by atoms with Crippen molar-refractivity contribution in [1.29, 1.82) is 0 Å². The summed E-state index contributed by atoms with van der Waals surface area (Å²) in [5.41, 5.74) is -4.66. The van der Waals surface area contributed by atoms with Crippen molar-refractivity contribution in [1.82, 2.24) is 24.1 Å². The van der Waals surface area contributed by atoms with Gasteiger partial charge in [-0.05, 0) is 6.92 Å². The van der Waals surface area contributed by atoms with Crippen LogP contribution in [0.15, 0.2) is 29.6 Å². The Morgan fingerprint density at radius 1 is 1.00 bits per heavy atom. The first-order valence-corrected chi connectivity index (χ1v) is 7.64. The smallest absolute Gasteiger partial charge is 0.268 e. The van der Waals surface area contributed by atoms with Gasteiger partial charge in [-0.2, -0.15) is 40.2 Å². The molecule has 0 aliphatic heterocycles. The fourth-order valence-corrected chi connectivity index (χ4v) is 2.48. The molecule has 0 saturated heterocycles. The first-order chi connectivity index (χ1) is 13.2. The van der Waals surface area contributed by atoms with E-state index >= 15 is 0 Å². The molecule has 0 unspecified atom stereocenters. The Morgan fingerprint density at radius 3 is 2.24 bits per heavy atom. The molecule has 3 rings (SSSR count). The second-order valence-electron chi connectivity index (χ2n) is 6.02. The lowest BCUT2D eigenvalue weighted by Gasteiger charge is -2.19. The van der Waals surface area contributed by atoms with Gasteiger partial charge in [0.25, 0.3) is 5.56 Å². The van der Waals surface area contributed by atoms with Gasteiger partial charge in [-0.3, -0.25) is 18.9 Å². The minimum Gasteiger partial charge on any atom is -0.268 e. The molecule has 0 radical (unpaired) electrons. The molecule has 14 heteroatoms. The van der Waals surface area contributed by atoms with Crippen molar-refractivity contribution in [3.63, 3.8) is 0 Å². The van der Waals surface area contributed by atoms with E-state index in [2.05, 4.69) is 15.1 Å². The third-order valence-corrected chi connectivity index (χ3v) is 3.81. The maximum Gasteiger partial charge on any atom is 0.455 e. The average molecular weight is 427 g/mol. The second kappa shape index (κ2) is 6.49. The summed E-state index contributed by atoms with van der Waals surface area (Å²) in [7, 11) is 0. The van der Waals surface area contributed by atoms with E-state index in [4.69, 9.17) is 0 Å². The minimum absolute atomic E-state index is 0.106. The Hall–Kier alpha value is -3.06. The van der Waals surface area contributed by atoms with Gasteiger partial charge in [-0.1, -0.05) is 0 Å². The van der Waals surface area contributed by atoms with Crippen LogP contribution in [0.3, 0.4) is 0 Å². The standard InChI is InChI=1S/C15H9F8N5O/c1-7-4-28-9(3-24-7)26-11(14(18,19)20)10(12(28)29)8-2-25-27(5-8)6-13(16,17)15(21,22)23/h2-5H,6H2,1H3. The number of aromatic nitrogens is 5. The van der Waals surface area contributed by atoms with Crippen LogP contribution in [0.25, 0.3) is 16.8 Å². The summed E-state index contributed by atoms with van der Waals surface area (Å²) in [6.07, 6.45) is -7.88. The normalized spacial score (nSPS) is 13.3. The van der Waals surface area contributed by atoms with Crippen molar-refractivity contribution in [2.75, 3.05) is 0 Å². The van der Waals surface area contributed by atoms with Crippen LogP contribution in [0.5, 0.6) is 0 Å². The maximum absolute atomic E-state index is 13.4. The molecular weight excluding hydrogens is 418 g/mol. The van der Waals surface area contributed by atoms with E-state index in [0.717, 1.165) is 16.8 Å². The highest BCUT2D eigenvalue weighted by molar-refractivity contribution is 5.66. The first-order valence-electron chi connectivity index (χ1n) is 7.64. The summed E-state index contributed by atoms with van der Waals surface area (Å²) in [5.74, 6) is -5.18. The number of halogens is 8. The van der Waals surface area contributed by atoms with Crippen LogP contribution in [-0.4, -0.2) is 36.2 Å². The van der Waals surface area contributed by atoms with Gasteiger partial charge in [-0.25, -0.2) is 4.98 Å². The number of rotatable bonds is 3. The summed E-state index contributed by atoms with van der Waals surface area (Å²) in [4.78, 5) is 19.7. The van der Waals surface area contributed by atoms with Crippen LogP contribution in [-0.2, 0) is 12.7 Å². The molecule has 0 amide bonds. The Kier molecular flexibility index (Phi) is 4.62. The van der Waals surface area contributed by atoms with E-state index in [-0.39, 0.29) is 10.4 Å². The third-order valence-electron chi connectivity index (χ3n) is 3.81. The average Bonchev–Trinajstić information content (AvgIpc) is 3.00. The van der Waals surface area contributed by atoms with Gasteiger partial charge in [0.15, 0.2) is 11.3 Å². The van der Waals surface area contributed by atoms with Crippen molar-refractivity contribution in [2.24, 2.45) is 0 Å². The molecule has 3 heterocycles. The molecule has 0 aromatic carbocycles. The molecule has 0 saturated carbocycles. The van der Waals surface area contributed by atoms with E-state index in [9.17, 15) is 39.9 Å².